The first-order chi connectivity index (χ1) is 17.6. The highest BCUT2D eigenvalue weighted by Gasteiger charge is 2.27. The minimum Gasteiger partial charge on any atom is -0.497 e. The van der Waals surface area contributed by atoms with Crippen LogP contribution in [0.1, 0.15) is 10.5 Å². The number of halogens is 1. The van der Waals surface area contributed by atoms with Gasteiger partial charge in [0.05, 0.1) is 31.3 Å². The predicted molar refractivity (Wildman–Crippen MR) is 142 cm³/mol. The molecule has 3 aromatic carbocycles. The number of piperazine rings is 1. The molecule has 0 unspecified atom stereocenters. The van der Waals surface area contributed by atoms with Gasteiger partial charge in [0.15, 0.2) is 0 Å². The quantitative estimate of drug-likeness (QED) is 0.364. The first-order valence-corrected chi connectivity index (χ1v) is 12.1. The number of hydrogen-bond acceptors (Lipinski definition) is 5. The first-order valence-electron chi connectivity index (χ1n) is 11.7. The summed E-state index contributed by atoms with van der Waals surface area (Å²) < 4.78 is 12.6. The zero-order chi connectivity index (χ0) is 25.1. The fraction of sp³-hybridized carbons (Fsp3) is 0.214. The monoisotopic (exact) mass is 502 g/mol. The van der Waals surface area contributed by atoms with E-state index in [0.717, 1.165) is 28.4 Å². The van der Waals surface area contributed by atoms with Gasteiger partial charge in [0.25, 0.3) is 5.91 Å². The lowest BCUT2D eigenvalue weighted by Crippen LogP contribution is -2.49. The van der Waals surface area contributed by atoms with Crippen molar-refractivity contribution in [2.75, 3.05) is 45.3 Å². The zero-order valence-electron chi connectivity index (χ0n) is 20.2. The van der Waals surface area contributed by atoms with Crippen LogP contribution in [0.2, 0.25) is 5.02 Å². The summed E-state index contributed by atoms with van der Waals surface area (Å²) >= 11 is 6.11. The Labute approximate surface area is 215 Å². The Hall–Kier alpha value is -3.97. The summed E-state index contributed by atoms with van der Waals surface area (Å²) in [7, 11) is 3.31. The zero-order valence-corrected chi connectivity index (χ0v) is 21.0. The van der Waals surface area contributed by atoms with Crippen molar-refractivity contribution >= 4 is 23.2 Å². The number of benzene rings is 3. The van der Waals surface area contributed by atoms with E-state index in [1.165, 1.54) is 0 Å². The Morgan fingerprint density at radius 1 is 0.861 bits per heavy atom. The van der Waals surface area contributed by atoms with Gasteiger partial charge in [-0.3, -0.25) is 4.79 Å². The second kappa shape index (κ2) is 10.3. The van der Waals surface area contributed by atoms with E-state index in [1.807, 2.05) is 71.6 Å². The summed E-state index contributed by atoms with van der Waals surface area (Å²) in [4.78, 5) is 17.9. The average Bonchev–Trinajstić information content (AvgIpc) is 3.39. The van der Waals surface area contributed by atoms with Crippen LogP contribution in [0, 0.1) is 0 Å². The molecule has 0 N–H and O–H groups in total. The number of nitrogens with zero attached hydrogens (tertiary/aromatic N) is 4. The summed E-state index contributed by atoms with van der Waals surface area (Å²) in [5.41, 5.74) is 3.88. The molecule has 1 aliphatic heterocycles. The molecule has 5 rings (SSSR count). The number of carbonyl (C=O) groups is 1. The molecular formula is C28H27ClN4O3. The van der Waals surface area contributed by atoms with E-state index in [2.05, 4.69) is 4.90 Å². The van der Waals surface area contributed by atoms with Gasteiger partial charge < -0.3 is 19.3 Å². The van der Waals surface area contributed by atoms with Gasteiger partial charge in [-0.1, -0.05) is 35.9 Å². The van der Waals surface area contributed by atoms with Crippen molar-refractivity contribution in [2.45, 2.75) is 0 Å². The molecule has 2 heterocycles. The third-order valence-electron chi connectivity index (χ3n) is 6.36. The van der Waals surface area contributed by atoms with Gasteiger partial charge in [-0.25, -0.2) is 4.68 Å². The minimum atomic E-state index is -0.0636. The van der Waals surface area contributed by atoms with Gasteiger partial charge in [-0.05, 0) is 54.6 Å². The second-order valence-electron chi connectivity index (χ2n) is 8.49. The number of amides is 1. The number of methoxy groups -OCH3 is 2. The molecule has 0 radical (unpaired) electrons. The van der Waals surface area contributed by atoms with Crippen LogP contribution in [0.4, 0.5) is 5.69 Å². The van der Waals surface area contributed by atoms with Crippen molar-refractivity contribution in [1.82, 2.24) is 14.7 Å². The van der Waals surface area contributed by atoms with Crippen LogP contribution >= 0.6 is 11.6 Å². The maximum absolute atomic E-state index is 13.8. The molecule has 184 valence electrons. The van der Waals surface area contributed by atoms with Gasteiger partial charge in [0, 0.05) is 36.8 Å². The number of hydrogen-bond donors (Lipinski definition) is 0. The summed E-state index contributed by atoms with van der Waals surface area (Å²) in [6.45, 7) is 2.61. The number of ether oxygens (including phenoxy) is 2. The number of anilines is 1. The van der Waals surface area contributed by atoms with E-state index >= 15 is 0 Å². The third kappa shape index (κ3) is 4.75. The molecule has 1 aromatic heterocycles. The molecular weight excluding hydrogens is 476 g/mol. The molecule has 0 atom stereocenters. The normalized spacial score (nSPS) is 13.5. The molecule has 7 nitrogen and oxygen atoms in total. The lowest BCUT2D eigenvalue weighted by Gasteiger charge is -2.36. The van der Waals surface area contributed by atoms with Crippen molar-refractivity contribution in [1.29, 1.82) is 0 Å². The highest BCUT2D eigenvalue weighted by Crippen LogP contribution is 2.30. The summed E-state index contributed by atoms with van der Waals surface area (Å²) in [5, 5.41) is 5.42. The summed E-state index contributed by atoms with van der Waals surface area (Å²) in [6, 6.07) is 24.8. The lowest BCUT2D eigenvalue weighted by molar-refractivity contribution is 0.0737. The van der Waals surface area contributed by atoms with Crippen LogP contribution in [-0.2, 0) is 0 Å². The van der Waals surface area contributed by atoms with Crippen molar-refractivity contribution in [3.05, 3.63) is 89.6 Å². The van der Waals surface area contributed by atoms with Crippen LogP contribution in [0.25, 0.3) is 16.9 Å². The SMILES string of the molecule is COc1cccc(-c2cc(C(=O)N3CCN(c4ccccc4OC)CC3)n(-c3ccc(Cl)cc3)n2)c1. The fourth-order valence-corrected chi connectivity index (χ4v) is 4.57. The number of carbonyl (C=O) groups excluding carboxylic acids is 1. The molecule has 1 amide bonds. The Morgan fingerprint density at radius 3 is 2.33 bits per heavy atom. The Kier molecular flexibility index (Phi) is 6.82. The van der Waals surface area contributed by atoms with Gasteiger partial charge in [0.2, 0.25) is 0 Å². The van der Waals surface area contributed by atoms with E-state index in [-0.39, 0.29) is 5.91 Å². The van der Waals surface area contributed by atoms with E-state index < -0.39 is 0 Å². The highest BCUT2D eigenvalue weighted by molar-refractivity contribution is 6.30. The van der Waals surface area contributed by atoms with E-state index in [9.17, 15) is 4.79 Å². The molecule has 8 heteroatoms. The van der Waals surface area contributed by atoms with Crippen molar-refractivity contribution < 1.29 is 14.3 Å². The smallest absolute Gasteiger partial charge is 0.272 e. The Morgan fingerprint density at radius 2 is 1.61 bits per heavy atom. The number of aromatic nitrogens is 2. The Bertz CT molecular complexity index is 1360. The number of rotatable bonds is 6. The van der Waals surface area contributed by atoms with Gasteiger partial charge in [0.1, 0.15) is 17.2 Å². The number of para-hydroxylation sites is 2. The molecule has 1 saturated heterocycles. The largest absolute Gasteiger partial charge is 0.497 e. The summed E-state index contributed by atoms with van der Waals surface area (Å²) in [5.74, 6) is 1.50. The van der Waals surface area contributed by atoms with Gasteiger partial charge in [-0.2, -0.15) is 5.10 Å². The predicted octanol–water partition coefficient (Wildman–Crippen LogP) is 5.17. The van der Waals surface area contributed by atoms with Crippen LogP contribution in [0.15, 0.2) is 78.9 Å². The molecule has 0 saturated carbocycles. The third-order valence-corrected chi connectivity index (χ3v) is 6.61. The molecule has 0 bridgehead atoms. The van der Waals surface area contributed by atoms with Gasteiger partial charge in [-0.15, -0.1) is 0 Å². The standard InChI is InChI=1S/C28H27ClN4O3/c1-35-23-7-5-6-20(18-23)24-19-26(33(30-24)22-12-10-21(29)11-13-22)28(34)32-16-14-31(15-17-32)25-8-3-4-9-27(25)36-2/h3-13,18-19H,14-17H2,1-2H3. The van der Waals surface area contributed by atoms with Crippen LogP contribution in [0.5, 0.6) is 11.5 Å². The molecule has 0 aliphatic carbocycles. The van der Waals surface area contributed by atoms with E-state index in [1.54, 1.807) is 31.0 Å². The second-order valence-corrected chi connectivity index (χ2v) is 8.92. The minimum absolute atomic E-state index is 0.0636. The maximum atomic E-state index is 13.8. The van der Waals surface area contributed by atoms with Crippen LogP contribution < -0.4 is 14.4 Å². The van der Waals surface area contributed by atoms with Gasteiger partial charge >= 0.3 is 0 Å². The van der Waals surface area contributed by atoms with Crippen LogP contribution in [0.3, 0.4) is 0 Å². The topological polar surface area (TPSA) is 59.8 Å². The van der Waals surface area contributed by atoms with Crippen molar-refractivity contribution in [3.8, 4) is 28.4 Å². The molecule has 1 aliphatic rings. The fourth-order valence-electron chi connectivity index (χ4n) is 4.44. The lowest BCUT2D eigenvalue weighted by atomic mass is 10.1. The summed E-state index contributed by atoms with van der Waals surface area (Å²) in [6.07, 6.45) is 0. The van der Waals surface area contributed by atoms with E-state index in [0.29, 0.717) is 42.6 Å². The maximum Gasteiger partial charge on any atom is 0.272 e. The van der Waals surface area contributed by atoms with E-state index in [4.69, 9.17) is 26.2 Å². The Balaban J connectivity index is 1.44. The molecule has 4 aromatic rings. The van der Waals surface area contributed by atoms with Crippen molar-refractivity contribution in [3.63, 3.8) is 0 Å². The molecule has 1 fully saturated rings. The highest BCUT2D eigenvalue weighted by atomic mass is 35.5. The first kappa shape index (κ1) is 23.8. The van der Waals surface area contributed by atoms with Crippen molar-refractivity contribution in [2.24, 2.45) is 0 Å². The average molecular weight is 503 g/mol. The molecule has 36 heavy (non-hydrogen) atoms. The van der Waals surface area contributed by atoms with Crippen LogP contribution in [-0.4, -0.2) is 61.0 Å². The molecule has 0 spiro atoms.